The van der Waals surface area contributed by atoms with Gasteiger partial charge in [0.1, 0.15) is 11.8 Å². The van der Waals surface area contributed by atoms with E-state index in [1.807, 2.05) is 4.90 Å². The molecule has 2 aliphatic heterocycles. The van der Waals surface area contributed by atoms with Crippen LogP contribution in [0.2, 0.25) is 0 Å². The van der Waals surface area contributed by atoms with Gasteiger partial charge in [-0.2, -0.15) is 8.42 Å². The molecule has 0 aromatic carbocycles. The quantitative estimate of drug-likeness (QED) is 0.328. The molecule has 1 atom stereocenters. The van der Waals surface area contributed by atoms with E-state index in [1.54, 1.807) is 5.38 Å². The lowest BCUT2D eigenvalue weighted by atomic mass is 10.1. The van der Waals surface area contributed by atoms with Gasteiger partial charge in [0.05, 0.1) is 12.3 Å². The van der Waals surface area contributed by atoms with Gasteiger partial charge in [-0.05, 0) is 0 Å². The van der Waals surface area contributed by atoms with E-state index in [2.05, 4.69) is 10.3 Å². The van der Waals surface area contributed by atoms with Crippen LogP contribution in [0.25, 0.3) is 0 Å². The van der Waals surface area contributed by atoms with Crippen LogP contribution in [0.5, 0.6) is 0 Å². The number of esters is 1. The zero-order valence-corrected chi connectivity index (χ0v) is 18.2. The van der Waals surface area contributed by atoms with Crippen molar-refractivity contribution in [3.8, 4) is 0 Å². The molecule has 0 spiro atoms. The van der Waals surface area contributed by atoms with Crippen LogP contribution in [-0.2, 0) is 28.6 Å². The number of nitrogens with zero attached hydrogens (tertiary/aromatic N) is 3. The third kappa shape index (κ3) is 5.79. The summed E-state index contributed by atoms with van der Waals surface area (Å²) in [6, 6.07) is -0.240. The number of carbonyl (C=O) groups excluding carboxylic acids is 3. The molecule has 1 unspecified atom stereocenters. The number of hydrogen-bond acceptors (Lipinski definition) is 11. The fourth-order valence-corrected chi connectivity index (χ4v) is 4.31. The van der Waals surface area contributed by atoms with Crippen LogP contribution in [-0.4, -0.2) is 87.1 Å². The summed E-state index contributed by atoms with van der Waals surface area (Å²) in [5, 5.41) is 4.99. The average molecular weight is 463 g/mol. The molecule has 2 aliphatic rings. The highest BCUT2D eigenvalue weighted by Gasteiger charge is 2.35. The third-order valence-corrected chi connectivity index (χ3v) is 5.75. The Balaban J connectivity index is 1.40. The third-order valence-electron chi connectivity index (χ3n) is 4.23. The molecule has 1 N–H and O–H groups in total. The largest absolute Gasteiger partial charge is 0.426 e. The van der Waals surface area contributed by atoms with Gasteiger partial charge in [0.2, 0.25) is 6.29 Å². The smallest absolute Gasteiger partial charge is 0.412 e. The van der Waals surface area contributed by atoms with Gasteiger partial charge in [-0.25, -0.2) is 9.78 Å². The molecule has 2 saturated heterocycles. The normalized spacial score (nSPS) is 18.2. The second-order valence-corrected chi connectivity index (χ2v) is 9.42. The van der Waals surface area contributed by atoms with E-state index in [-0.39, 0.29) is 30.7 Å². The molecule has 1 aromatic heterocycles. The number of hydrogen-bond donors (Lipinski definition) is 1. The zero-order chi connectivity index (χ0) is 22.1. The van der Waals surface area contributed by atoms with Gasteiger partial charge in [-0.15, -0.1) is 11.3 Å². The minimum absolute atomic E-state index is 0.240. The minimum Gasteiger partial charge on any atom is -0.426 e. The first-order valence-electron chi connectivity index (χ1n) is 9.02. The van der Waals surface area contributed by atoms with Gasteiger partial charge in [0, 0.05) is 45.4 Å². The molecule has 30 heavy (non-hydrogen) atoms. The van der Waals surface area contributed by atoms with Gasteiger partial charge >= 0.3 is 12.1 Å². The summed E-state index contributed by atoms with van der Waals surface area (Å²) in [4.78, 5) is 42.5. The Morgan fingerprint density at radius 3 is 2.50 bits per heavy atom. The SMILES string of the molecule is CC(=O)OC(C)OC(=O)N1CC(NC(=O)c2csc(N3CC(OS(C)(=O)=O)C3)n2)C1. The molecule has 2 fully saturated rings. The molecule has 14 heteroatoms. The summed E-state index contributed by atoms with van der Waals surface area (Å²) in [7, 11) is -3.50. The molecule has 0 aliphatic carbocycles. The number of aromatic nitrogens is 1. The summed E-state index contributed by atoms with van der Waals surface area (Å²) >= 11 is 1.27. The molecule has 3 rings (SSSR count). The van der Waals surface area contributed by atoms with E-state index >= 15 is 0 Å². The molecule has 2 amide bonds. The van der Waals surface area contributed by atoms with Crippen molar-refractivity contribution in [2.75, 3.05) is 37.3 Å². The number of thiazole rings is 1. The van der Waals surface area contributed by atoms with E-state index in [0.29, 0.717) is 18.2 Å². The Labute approximate surface area is 177 Å². The number of nitrogens with one attached hydrogen (secondary N) is 1. The second kappa shape index (κ2) is 8.73. The maximum Gasteiger partial charge on any atom is 0.412 e. The van der Waals surface area contributed by atoms with E-state index in [0.717, 1.165) is 6.26 Å². The van der Waals surface area contributed by atoms with E-state index in [9.17, 15) is 22.8 Å². The first-order valence-corrected chi connectivity index (χ1v) is 11.7. The first-order chi connectivity index (χ1) is 14.0. The monoisotopic (exact) mass is 462 g/mol. The molecule has 0 saturated carbocycles. The molecule has 3 heterocycles. The molecular formula is C16H22N4O8S2. The van der Waals surface area contributed by atoms with Crippen molar-refractivity contribution in [1.82, 2.24) is 15.2 Å². The molecule has 12 nitrogen and oxygen atoms in total. The van der Waals surface area contributed by atoms with Crippen LogP contribution in [0.3, 0.4) is 0 Å². The zero-order valence-electron chi connectivity index (χ0n) is 16.6. The summed E-state index contributed by atoms with van der Waals surface area (Å²) < 4.78 is 36.8. The Morgan fingerprint density at radius 2 is 1.90 bits per heavy atom. The Kier molecular flexibility index (Phi) is 6.47. The van der Waals surface area contributed by atoms with Gasteiger partial charge in [0.15, 0.2) is 5.13 Å². The minimum atomic E-state index is -3.50. The van der Waals surface area contributed by atoms with Crippen molar-refractivity contribution >= 4 is 44.6 Å². The number of rotatable bonds is 7. The molecule has 0 bridgehead atoms. The second-order valence-electron chi connectivity index (χ2n) is 6.98. The molecule has 0 radical (unpaired) electrons. The van der Waals surface area contributed by atoms with Gasteiger partial charge in [-0.1, -0.05) is 0 Å². The standard InChI is InChI=1S/C16H22N4O8S2/c1-9(21)26-10(2)27-16(23)20-4-11(5-20)17-14(22)13-8-29-15(18-13)19-6-12(7-19)28-30(3,24)25/h8,10-12H,4-7H2,1-3H3,(H,17,22). The van der Waals surface area contributed by atoms with Crippen LogP contribution in [0.15, 0.2) is 5.38 Å². The van der Waals surface area contributed by atoms with Crippen molar-refractivity contribution in [3.05, 3.63) is 11.1 Å². The highest BCUT2D eigenvalue weighted by Crippen LogP contribution is 2.27. The topological polar surface area (TPSA) is 144 Å². The van der Waals surface area contributed by atoms with E-state index in [1.165, 1.54) is 30.1 Å². The number of carbonyl (C=O) groups is 3. The van der Waals surface area contributed by atoms with Crippen LogP contribution < -0.4 is 10.2 Å². The van der Waals surface area contributed by atoms with E-state index in [4.69, 9.17) is 13.7 Å². The highest BCUT2D eigenvalue weighted by atomic mass is 32.2. The summed E-state index contributed by atoms with van der Waals surface area (Å²) in [5.41, 5.74) is 0.243. The van der Waals surface area contributed by atoms with Crippen LogP contribution in [0.1, 0.15) is 24.3 Å². The number of likely N-dealkylation sites (tertiary alicyclic amines) is 1. The number of anilines is 1. The van der Waals surface area contributed by atoms with E-state index < -0.39 is 34.6 Å². The lowest BCUT2D eigenvalue weighted by Gasteiger charge is -2.38. The van der Waals surface area contributed by atoms with Crippen molar-refractivity contribution in [1.29, 1.82) is 0 Å². The lowest BCUT2D eigenvalue weighted by Crippen LogP contribution is -2.61. The van der Waals surface area contributed by atoms with Crippen molar-refractivity contribution in [3.63, 3.8) is 0 Å². The molecular weight excluding hydrogens is 440 g/mol. The lowest BCUT2D eigenvalue weighted by molar-refractivity contribution is -0.163. The van der Waals surface area contributed by atoms with Gasteiger partial charge in [-0.3, -0.25) is 13.8 Å². The predicted octanol–water partition coefficient (Wildman–Crippen LogP) is -0.232. The molecule has 166 valence electrons. The van der Waals surface area contributed by atoms with Crippen molar-refractivity contribution < 1.29 is 36.5 Å². The van der Waals surface area contributed by atoms with Crippen molar-refractivity contribution in [2.24, 2.45) is 0 Å². The summed E-state index contributed by atoms with van der Waals surface area (Å²) in [5.74, 6) is -0.920. The Bertz CT molecular complexity index is 921. The summed E-state index contributed by atoms with van der Waals surface area (Å²) in [6.07, 6.45) is -1.02. The average Bonchev–Trinajstić information content (AvgIpc) is 3.00. The number of amides is 2. The number of ether oxygens (including phenoxy) is 2. The fourth-order valence-electron chi connectivity index (χ4n) is 2.87. The maximum atomic E-state index is 12.3. The van der Waals surface area contributed by atoms with Crippen molar-refractivity contribution in [2.45, 2.75) is 32.3 Å². The maximum absolute atomic E-state index is 12.3. The van der Waals surface area contributed by atoms with Crippen LogP contribution in [0, 0.1) is 0 Å². The van der Waals surface area contributed by atoms with Gasteiger partial charge < -0.3 is 24.6 Å². The predicted molar refractivity (Wildman–Crippen MR) is 105 cm³/mol. The van der Waals surface area contributed by atoms with Crippen LogP contribution in [0.4, 0.5) is 9.93 Å². The molecule has 1 aromatic rings. The van der Waals surface area contributed by atoms with Gasteiger partial charge in [0.25, 0.3) is 16.0 Å². The fraction of sp³-hybridized carbons (Fsp3) is 0.625. The summed E-state index contributed by atoms with van der Waals surface area (Å²) in [6.45, 7) is 3.95. The Hall–Kier alpha value is -2.45. The highest BCUT2D eigenvalue weighted by molar-refractivity contribution is 7.86. The van der Waals surface area contributed by atoms with Crippen LogP contribution >= 0.6 is 11.3 Å². The Morgan fingerprint density at radius 1 is 1.23 bits per heavy atom. The first kappa shape index (κ1) is 22.2.